The summed E-state index contributed by atoms with van der Waals surface area (Å²) >= 11 is 4.50. The molecule has 0 aliphatic rings. The van der Waals surface area contributed by atoms with E-state index in [-0.39, 0.29) is 0 Å². The molecule has 1 atom stereocenters. The van der Waals surface area contributed by atoms with Gasteiger partial charge in [0.15, 0.2) is 0 Å². The maximum Gasteiger partial charge on any atom is 0.425 e. The van der Waals surface area contributed by atoms with Crippen molar-refractivity contribution in [3.8, 4) is 0 Å². The first-order valence-corrected chi connectivity index (χ1v) is 2.20. The normalized spacial score (nSPS) is 14.2. The highest BCUT2D eigenvalue weighted by Crippen LogP contribution is 2.24. The zero-order valence-corrected chi connectivity index (χ0v) is 4.70. The summed E-state index contributed by atoms with van der Waals surface area (Å²) in [6.07, 6.45) is -3.96. The highest BCUT2D eigenvalue weighted by Gasteiger charge is 2.38. The molecule has 0 rings (SSSR count). The number of isocyanates is 1. The average Bonchev–Trinajstić information content (AvgIpc) is 1.64. The van der Waals surface area contributed by atoms with Gasteiger partial charge in [0.25, 0.3) is 0 Å². The molecule has 0 aliphatic carbocycles. The second-order valence-corrected chi connectivity index (χ2v) is 1.51. The summed E-state index contributed by atoms with van der Waals surface area (Å²) in [4.78, 5) is 11.4. The lowest BCUT2D eigenvalue weighted by molar-refractivity contribution is -0.128. The highest BCUT2D eigenvalue weighted by atomic mass is 35.5. The summed E-state index contributed by atoms with van der Waals surface area (Å²) in [5.41, 5.74) is -2.46. The van der Waals surface area contributed by atoms with Gasteiger partial charge in [-0.05, 0) is 0 Å². The van der Waals surface area contributed by atoms with Crippen LogP contribution in [0.2, 0.25) is 0 Å². The summed E-state index contributed by atoms with van der Waals surface area (Å²) in [7, 11) is 0. The van der Waals surface area contributed by atoms with Crippen molar-refractivity contribution in [1.82, 2.24) is 0 Å². The Bertz CT molecular complexity index is 138. The van der Waals surface area contributed by atoms with Crippen molar-refractivity contribution in [3.05, 3.63) is 0 Å². The van der Waals surface area contributed by atoms with E-state index in [9.17, 15) is 18.0 Å². The van der Waals surface area contributed by atoms with Crippen LogP contribution >= 0.6 is 11.6 Å². The predicted octanol–water partition coefficient (Wildman–Crippen LogP) is 1.45. The Morgan fingerprint density at radius 1 is 1.56 bits per heavy atom. The zero-order chi connectivity index (χ0) is 7.49. The van der Waals surface area contributed by atoms with E-state index in [2.05, 4.69) is 16.6 Å². The van der Waals surface area contributed by atoms with Gasteiger partial charge in [-0.25, -0.2) is 4.79 Å². The molecule has 0 aromatic heterocycles. The van der Waals surface area contributed by atoms with Crippen molar-refractivity contribution < 1.29 is 18.0 Å². The van der Waals surface area contributed by atoms with Gasteiger partial charge in [-0.15, -0.1) is 0 Å². The topological polar surface area (TPSA) is 29.4 Å². The van der Waals surface area contributed by atoms with Crippen LogP contribution in [0.25, 0.3) is 0 Å². The molecule has 0 aliphatic heterocycles. The van der Waals surface area contributed by atoms with E-state index >= 15 is 0 Å². The Labute approximate surface area is 53.3 Å². The lowest BCUT2D eigenvalue weighted by Crippen LogP contribution is -2.20. The Kier molecular flexibility index (Phi) is 2.67. The quantitative estimate of drug-likeness (QED) is 0.246. The van der Waals surface area contributed by atoms with Crippen LogP contribution in [0.3, 0.4) is 0 Å². The smallest absolute Gasteiger partial charge is 0.211 e. The zero-order valence-electron chi connectivity index (χ0n) is 3.94. The molecule has 0 N–H and O–H groups in total. The van der Waals surface area contributed by atoms with Gasteiger partial charge in [-0.3, -0.25) is 0 Å². The number of nitrogens with zero attached hydrogens (tertiary/aromatic N) is 1. The predicted molar refractivity (Wildman–Crippen MR) is 23.8 cm³/mol. The van der Waals surface area contributed by atoms with E-state index in [1.807, 2.05) is 0 Å². The molecule has 52 valence electrons. The summed E-state index contributed by atoms with van der Waals surface area (Å²) < 4.78 is 33.7. The van der Waals surface area contributed by atoms with Gasteiger partial charge < -0.3 is 0 Å². The first-order valence-electron chi connectivity index (χ1n) is 1.76. The van der Waals surface area contributed by atoms with Crippen LogP contribution < -0.4 is 0 Å². The van der Waals surface area contributed by atoms with Crippen LogP contribution in [0.15, 0.2) is 4.99 Å². The van der Waals surface area contributed by atoms with Crippen LogP contribution in [-0.4, -0.2) is 17.8 Å². The fourth-order valence-electron chi connectivity index (χ4n) is 0.119. The molecule has 0 aromatic rings. The third-order valence-electron chi connectivity index (χ3n) is 0.436. The van der Waals surface area contributed by atoms with Gasteiger partial charge in [0, 0.05) is 0 Å². The molecular weight excluding hydrogens is 158 g/mol. The van der Waals surface area contributed by atoms with Crippen LogP contribution in [0.4, 0.5) is 13.2 Å². The maximum absolute atomic E-state index is 11.2. The molecule has 2 nitrogen and oxygen atoms in total. The molecule has 0 fully saturated rings. The molecule has 0 saturated heterocycles. The fraction of sp³-hybridized carbons (Fsp3) is 0.667. The van der Waals surface area contributed by atoms with Crippen LogP contribution in [0, 0.1) is 0 Å². The maximum atomic E-state index is 11.2. The monoisotopic (exact) mass is 159 g/mol. The SMILES string of the molecule is O=C=NC(Cl)C(F)(F)F. The minimum atomic E-state index is -4.65. The number of aliphatic imine (C=N–C) groups is 1. The molecule has 0 radical (unpaired) electrons. The Morgan fingerprint density at radius 2 is 2.00 bits per heavy atom. The van der Waals surface area contributed by atoms with E-state index in [1.54, 1.807) is 0 Å². The van der Waals surface area contributed by atoms with E-state index in [0.29, 0.717) is 6.08 Å². The molecule has 6 heteroatoms. The summed E-state index contributed by atoms with van der Waals surface area (Å²) in [5.74, 6) is 0. The first kappa shape index (κ1) is 8.46. The van der Waals surface area contributed by atoms with Crippen LogP contribution in [0.5, 0.6) is 0 Å². The van der Waals surface area contributed by atoms with Gasteiger partial charge in [0.05, 0.1) is 0 Å². The molecular formula is C3HClF3NO. The summed E-state index contributed by atoms with van der Waals surface area (Å²) in [5, 5.41) is 0. The largest absolute Gasteiger partial charge is 0.425 e. The van der Waals surface area contributed by atoms with E-state index in [4.69, 9.17) is 0 Å². The van der Waals surface area contributed by atoms with Crippen molar-refractivity contribution in [1.29, 1.82) is 0 Å². The number of alkyl halides is 4. The summed E-state index contributed by atoms with van der Waals surface area (Å²) in [6, 6.07) is 0. The number of halogens is 4. The fourth-order valence-corrected chi connectivity index (χ4v) is 0.159. The number of hydrogen-bond donors (Lipinski definition) is 0. The van der Waals surface area contributed by atoms with Crippen LogP contribution in [0.1, 0.15) is 0 Å². The van der Waals surface area contributed by atoms with Gasteiger partial charge in [-0.2, -0.15) is 18.2 Å². The standard InChI is InChI=1S/C3HClF3NO/c4-2(8-1-9)3(5,6)7/h2H. The minimum absolute atomic E-state index is 0.697. The molecule has 0 heterocycles. The Hall–Kier alpha value is -0.540. The number of rotatable bonds is 1. The van der Waals surface area contributed by atoms with Crippen molar-refractivity contribution in [2.24, 2.45) is 4.99 Å². The lowest BCUT2D eigenvalue weighted by Gasteiger charge is -2.04. The third-order valence-corrected chi connectivity index (χ3v) is 0.781. The molecule has 0 amide bonds. The van der Waals surface area contributed by atoms with Crippen molar-refractivity contribution in [2.45, 2.75) is 11.7 Å². The Balaban J connectivity index is 4.03. The second kappa shape index (κ2) is 2.85. The molecule has 9 heavy (non-hydrogen) atoms. The molecule has 0 saturated carbocycles. The molecule has 0 aromatic carbocycles. The van der Waals surface area contributed by atoms with Gasteiger partial charge in [-0.1, -0.05) is 11.6 Å². The summed E-state index contributed by atoms with van der Waals surface area (Å²) in [6.45, 7) is 0. The highest BCUT2D eigenvalue weighted by molar-refractivity contribution is 6.21. The van der Waals surface area contributed by atoms with Crippen molar-refractivity contribution in [3.63, 3.8) is 0 Å². The average molecular weight is 159 g/mol. The van der Waals surface area contributed by atoms with E-state index < -0.39 is 11.7 Å². The number of hydrogen-bond acceptors (Lipinski definition) is 2. The number of carbonyl (C=O) groups excluding carboxylic acids is 1. The van der Waals surface area contributed by atoms with Crippen molar-refractivity contribution >= 4 is 17.7 Å². The molecule has 0 bridgehead atoms. The minimum Gasteiger partial charge on any atom is -0.211 e. The van der Waals surface area contributed by atoms with Gasteiger partial charge >= 0.3 is 6.18 Å². The van der Waals surface area contributed by atoms with E-state index in [1.165, 1.54) is 0 Å². The third kappa shape index (κ3) is 3.11. The lowest BCUT2D eigenvalue weighted by atomic mass is 10.6. The molecule has 1 unspecified atom stereocenters. The Morgan fingerprint density at radius 3 is 2.11 bits per heavy atom. The second-order valence-electron chi connectivity index (χ2n) is 1.10. The van der Waals surface area contributed by atoms with Crippen LogP contribution in [-0.2, 0) is 4.79 Å². The van der Waals surface area contributed by atoms with Gasteiger partial charge in [0.1, 0.15) is 0 Å². The first-order chi connectivity index (χ1) is 3.98. The van der Waals surface area contributed by atoms with E-state index in [0.717, 1.165) is 0 Å². The molecule has 0 spiro atoms. The van der Waals surface area contributed by atoms with Gasteiger partial charge in [0.2, 0.25) is 11.6 Å². The van der Waals surface area contributed by atoms with Crippen molar-refractivity contribution in [2.75, 3.05) is 0 Å².